The molecule has 6 rings (SSSR count). The summed E-state index contributed by atoms with van der Waals surface area (Å²) in [5.41, 5.74) is 7.14. The Bertz CT molecular complexity index is 1120. The van der Waals surface area contributed by atoms with Gasteiger partial charge in [0.1, 0.15) is 6.17 Å². The largest absolute Gasteiger partial charge is 0.346 e. The first-order valence-electron chi connectivity index (χ1n) is 12.4. The quantitative estimate of drug-likeness (QED) is 0.452. The second-order valence-electron chi connectivity index (χ2n) is 10.3. The van der Waals surface area contributed by atoms with Crippen molar-refractivity contribution in [1.29, 1.82) is 0 Å². The van der Waals surface area contributed by atoms with Crippen LogP contribution in [-0.2, 0) is 5.41 Å². The number of rotatable bonds is 3. The van der Waals surface area contributed by atoms with Crippen molar-refractivity contribution >= 4 is 11.4 Å². The summed E-state index contributed by atoms with van der Waals surface area (Å²) in [6, 6.07) is 30.3. The van der Waals surface area contributed by atoms with Gasteiger partial charge in [0, 0.05) is 22.8 Å². The molecule has 1 saturated carbocycles. The summed E-state index contributed by atoms with van der Waals surface area (Å²) in [4.78, 5) is 5.64. The van der Waals surface area contributed by atoms with Crippen LogP contribution < -0.4 is 9.80 Å². The minimum atomic E-state index is -0.0362. The van der Waals surface area contributed by atoms with E-state index < -0.39 is 0 Å². The number of para-hydroxylation sites is 2. The summed E-state index contributed by atoms with van der Waals surface area (Å²) >= 11 is 0. The molecule has 164 valence electrons. The highest BCUT2D eigenvalue weighted by Crippen LogP contribution is 2.57. The van der Waals surface area contributed by atoms with Crippen molar-refractivity contribution in [3.8, 4) is 0 Å². The van der Waals surface area contributed by atoms with E-state index >= 15 is 0 Å². The van der Waals surface area contributed by atoms with Crippen LogP contribution in [0.5, 0.6) is 0 Å². The predicted octanol–water partition coefficient (Wildman–Crippen LogP) is 6.91. The van der Waals surface area contributed by atoms with Crippen molar-refractivity contribution in [3.63, 3.8) is 0 Å². The van der Waals surface area contributed by atoms with Crippen LogP contribution in [0, 0.1) is 12.8 Å². The highest BCUT2D eigenvalue weighted by Gasteiger charge is 2.60. The van der Waals surface area contributed by atoms with E-state index in [0.717, 1.165) is 0 Å². The molecule has 0 aromatic heterocycles. The van der Waals surface area contributed by atoms with Crippen LogP contribution in [0.2, 0.25) is 0 Å². The standard InChI is InChI=1S/C30H34N2/c1-21-13-7-11-19-26(21)31-22(2)28-30(3,24-16-5-4-6-17-24)25-18-10-12-20-27(25)32(28)29(31)23-14-8-9-15-23/h4-7,10-13,16-20,22-23,28-29H,8-9,14-15H2,1-3H3/t22-,28?,29?,30?/m0/s1. The zero-order valence-corrected chi connectivity index (χ0v) is 19.5. The molecule has 2 heterocycles. The SMILES string of the molecule is Cc1ccccc1N1C(C2CCCC2)N2c3ccccc3C(C)(c3ccccc3)C2[C@@H]1C. The minimum absolute atomic E-state index is 0.0362. The van der Waals surface area contributed by atoms with Crippen LogP contribution in [-0.4, -0.2) is 18.2 Å². The van der Waals surface area contributed by atoms with Gasteiger partial charge in [0.15, 0.2) is 0 Å². The molecule has 2 nitrogen and oxygen atoms in total. The van der Waals surface area contributed by atoms with Gasteiger partial charge in [-0.3, -0.25) is 0 Å². The average molecular weight is 423 g/mol. The number of hydrogen-bond donors (Lipinski definition) is 0. The molecule has 4 atom stereocenters. The first-order valence-corrected chi connectivity index (χ1v) is 12.4. The van der Waals surface area contributed by atoms with Gasteiger partial charge >= 0.3 is 0 Å². The van der Waals surface area contributed by atoms with Gasteiger partial charge in [-0.15, -0.1) is 0 Å². The van der Waals surface area contributed by atoms with E-state index in [4.69, 9.17) is 0 Å². The lowest BCUT2D eigenvalue weighted by molar-refractivity contribution is 0.415. The molecule has 0 spiro atoms. The fourth-order valence-electron chi connectivity index (χ4n) is 7.31. The van der Waals surface area contributed by atoms with Crippen molar-refractivity contribution in [2.45, 2.75) is 70.1 Å². The topological polar surface area (TPSA) is 6.48 Å². The van der Waals surface area contributed by atoms with Crippen LogP contribution in [0.15, 0.2) is 78.9 Å². The lowest BCUT2D eigenvalue weighted by Gasteiger charge is -2.38. The van der Waals surface area contributed by atoms with Crippen LogP contribution in [0.25, 0.3) is 0 Å². The molecule has 2 heteroatoms. The highest BCUT2D eigenvalue weighted by molar-refractivity contribution is 5.74. The Balaban J connectivity index is 1.58. The molecule has 1 saturated heterocycles. The van der Waals surface area contributed by atoms with Gasteiger partial charge in [0.2, 0.25) is 0 Å². The predicted molar refractivity (Wildman–Crippen MR) is 134 cm³/mol. The number of fused-ring (bicyclic) bond motifs is 3. The Morgan fingerprint density at radius 1 is 0.750 bits per heavy atom. The number of anilines is 2. The van der Waals surface area contributed by atoms with E-state index in [9.17, 15) is 0 Å². The monoisotopic (exact) mass is 422 g/mol. The minimum Gasteiger partial charge on any atom is -0.346 e. The van der Waals surface area contributed by atoms with Gasteiger partial charge in [-0.2, -0.15) is 0 Å². The maximum Gasteiger partial charge on any atom is 0.105 e. The Labute approximate surface area is 192 Å². The number of nitrogens with zero attached hydrogens (tertiary/aromatic N) is 2. The molecule has 0 amide bonds. The molecule has 0 bridgehead atoms. The molecular weight excluding hydrogens is 388 g/mol. The van der Waals surface area contributed by atoms with Crippen molar-refractivity contribution in [2.24, 2.45) is 5.92 Å². The normalized spacial score (nSPS) is 29.4. The van der Waals surface area contributed by atoms with Crippen LogP contribution in [0.1, 0.15) is 56.2 Å². The molecule has 3 aliphatic rings. The molecule has 3 aromatic carbocycles. The van der Waals surface area contributed by atoms with Gasteiger partial charge in [0.05, 0.1) is 6.04 Å². The van der Waals surface area contributed by atoms with Gasteiger partial charge in [-0.1, -0.05) is 79.6 Å². The Kier molecular flexibility index (Phi) is 4.61. The fraction of sp³-hybridized carbons (Fsp3) is 0.400. The molecule has 32 heavy (non-hydrogen) atoms. The first kappa shape index (κ1) is 19.9. The smallest absolute Gasteiger partial charge is 0.105 e. The molecule has 2 fully saturated rings. The molecule has 3 unspecified atom stereocenters. The Morgan fingerprint density at radius 3 is 2.09 bits per heavy atom. The van der Waals surface area contributed by atoms with E-state index in [0.29, 0.717) is 24.2 Å². The summed E-state index contributed by atoms with van der Waals surface area (Å²) in [6.45, 7) is 7.25. The molecule has 2 aliphatic heterocycles. The van der Waals surface area contributed by atoms with Crippen LogP contribution in [0.3, 0.4) is 0 Å². The van der Waals surface area contributed by atoms with Crippen molar-refractivity contribution in [1.82, 2.24) is 0 Å². The van der Waals surface area contributed by atoms with Crippen molar-refractivity contribution in [2.75, 3.05) is 9.80 Å². The van der Waals surface area contributed by atoms with E-state index in [1.54, 1.807) is 0 Å². The van der Waals surface area contributed by atoms with Gasteiger partial charge < -0.3 is 9.80 Å². The van der Waals surface area contributed by atoms with Gasteiger partial charge in [0.25, 0.3) is 0 Å². The maximum atomic E-state index is 2.84. The van der Waals surface area contributed by atoms with Gasteiger partial charge in [-0.05, 0) is 68.4 Å². The lowest BCUT2D eigenvalue weighted by atomic mass is 9.71. The second-order valence-corrected chi connectivity index (χ2v) is 10.3. The van der Waals surface area contributed by atoms with E-state index in [1.807, 2.05) is 0 Å². The summed E-state index contributed by atoms with van der Waals surface area (Å²) in [5, 5.41) is 0. The Hall–Kier alpha value is -2.74. The van der Waals surface area contributed by atoms with E-state index in [-0.39, 0.29) is 5.41 Å². The third kappa shape index (κ3) is 2.65. The van der Waals surface area contributed by atoms with Gasteiger partial charge in [-0.25, -0.2) is 0 Å². The summed E-state index contributed by atoms with van der Waals surface area (Å²) in [7, 11) is 0. The fourth-order valence-corrected chi connectivity index (χ4v) is 7.31. The number of hydrogen-bond acceptors (Lipinski definition) is 2. The Morgan fingerprint density at radius 2 is 1.38 bits per heavy atom. The molecule has 0 radical (unpaired) electrons. The summed E-state index contributed by atoms with van der Waals surface area (Å²) < 4.78 is 0. The highest BCUT2D eigenvalue weighted by atomic mass is 15.5. The van der Waals surface area contributed by atoms with Crippen LogP contribution >= 0.6 is 0 Å². The maximum absolute atomic E-state index is 2.84. The summed E-state index contributed by atoms with van der Waals surface area (Å²) in [6.07, 6.45) is 5.84. The molecular formula is C30H34N2. The first-order chi connectivity index (χ1) is 15.6. The zero-order valence-electron chi connectivity index (χ0n) is 19.5. The zero-order chi connectivity index (χ0) is 21.9. The number of benzene rings is 3. The molecule has 0 N–H and O–H groups in total. The third-order valence-corrected chi connectivity index (χ3v) is 8.69. The van der Waals surface area contributed by atoms with Crippen LogP contribution in [0.4, 0.5) is 11.4 Å². The van der Waals surface area contributed by atoms with E-state index in [2.05, 4.69) is 109 Å². The average Bonchev–Trinajstić information content (AvgIpc) is 3.52. The van der Waals surface area contributed by atoms with Crippen molar-refractivity contribution in [3.05, 3.63) is 95.6 Å². The number of aryl methyl sites for hydroxylation is 1. The molecule has 3 aromatic rings. The lowest BCUT2D eigenvalue weighted by Crippen LogP contribution is -2.47. The second kappa shape index (κ2) is 7.40. The van der Waals surface area contributed by atoms with Crippen molar-refractivity contribution < 1.29 is 0 Å². The third-order valence-electron chi connectivity index (χ3n) is 8.69. The molecule has 1 aliphatic carbocycles. The summed E-state index contributed by atoms with van der Waals surface area (Å²) in [5.74, 6) is 0.716. The van der Waals surface area contributed by atoms with E-state index in [1.165, 1.54) is 53.7 Å².